The van der Waals surface area contributed by atoms with Gasteiger partial charge in [-0.2, -0.15) is 0 Å². The summed E-state index contributed by atoms with van der Waals surface area (Å²) in [5.41, 5.74) is 0.0359. The second-order valence-electron chi connectivity index (χ2n) is 1.50. The average Bonchev–Trinajstić information content (AvgIpc) is 1.69. The van der Waals surface area contributed by atoms with Gasteiger partial charge in [-0.1, -0.05) is 0 Å². The Hall–Kier alpha value is 0.210. The number of nitrogens with one attached hydrogen (secondary N) is 1. The van der Waals surface area contributed by atoms with Gasteiger partial charge >= 0.3 is 0 Å². The molecule has 0 aromatic rings. The molecule has 1 rings (SSSR count). The van der Waals surface area contributed by atoms with Crippen LogP contribution in [0.4, 0.5) is 0 Å². The summed E-state index contributed by atoms with van der Waals surface area (Å²) in [5.74, 6) is 0. The van der Waals surface area contributed by atoms with Gasteiger partial charge in [0.15, 0.2) is 0 Å². The van der Waals surface area contributed by atoms with Gasteiger partial charge in [0.05, 0.1) is 13.2 Å². The first-order valence-corrected chi connectivity index (χ1v) is 2.78. The minimum atomic E-state index is 0.0359. The Morgan fingerprint density at radius 1 is 1.71 bits per heavy atom. The van der Waals surface area contributed by atoms with Crippen LogP contribution in [0.5, 0.6) is 0 Å². The Labute approximate surface area is 47.8 Å². The van der Waals surface area contributed by atoms with Crippen LogP contribution < -0.4 is 5.32 Å². The van der Waals surface area contributed by atoms with E-state index in [-0.39, 0.29) is 5.50 Å². The van der Waals surface area contributed by atoms with Gasteiger partial charge in [0.2, 0.25) is 0 Å². The van der Waals surface area contributed by atoms with Gasteiger partial charge in [0, 0.05) is 6.54 Å². The van der Waals surface area contributed by atoms with E-state index in [0.717, 1.165) is 13.2 Å². The van der Waals surface area contributed by atoms with Crippen molar-refractivity contribution in [2.24, 2.45) is 0 Å². The summed E-state index contributed by atoms with van der Waals surface area (Å²) in [5, 5.41) is 3.02. The lowest BCUT2D eigenvalue weighted by Gasteiger charge is -2.17. The normalized spacial score (nSPS) is 33.0. The second kappa shape index (κ2) is 2.50. The van der Waals surface area contributed by atoms with Crippen LogP contribution in [0.25, 0.3) is 0 Å². The van der Waals surface area contributed by atoms with Gasteiger partial charge in [0.1, 0.15) is 5.50 Å². The number of halogens is 1. The molecule has 0 saturated carbocycles. The van der Waals surface area contributed by atoms with Crippen LogP contribution in [0.3, 0.4) is 0 Å². The van der Waals surface area contributed by atoms with E-state index in [4.69, 9.17) is 16.3 Å². The van der Waals surface area contributed by atoms with E-state index in [1.807, 2.05) is 0 Å². The predicted octanol–water partition coefficient (Wildman–Crippen LogP) is 0.171. The number of alkyl halides is 1. The van der Waals surface area contributed by atoms with Crippen LogP contribution in [0.1, 0.15) is 0 Å². The topological polar surface area (TPSA) is 21.3 Å². The monoisotopic (exact) mass is 121 g/mol. The van der Waals surface area contributed by atoms with Gasteiger partial charge in [-0.3, -0.25) is 5.32 Å². The minimum Gasteiger partial charge on any atom is -0.377 e. The fourth-order valence-electron chi connectivity index (χ4n) is 0.533. The maximum absolute atomic E-state index is 5.58. The molecule has 1 atom stereocenters. The van der Waals surface area contributed by atoms with Crippen molar-refractivity contribution in [3.8, 4) is 0 Å². The number of morpholine rings is 1. The Morgan fingerprint density at radius 3 is 2.86 bits per heavy atom. The van der Waals surface area contributed by atoms with Gasteiger partial charge in [-0.05, 0) is 0 Å². The maximum atomic E-state index is 5.58. The predicted molar refractivity (Wildman–Crippen MR) is 28.5 cm³/mol. The third-order valence-corrected chi connectivity index (χ3v) is 1.16. The first kappa shape index (κ1) is 5.35. The number of hydrogen-bond acceptors (Lipinski definition) is 2. The molecule has 1 N–H and O–H groups in total. The van der Waals surface area contributed by atoms with E-state index >= 15 is 0 Å². The van der Waals surface area contributed by atoms with Crippen molar-refractivity contribution in [3.05, 3.63) is 0 Å². The van der Waals surface area contributed by atoms with Gasteiger partial charge in [0.25, 0.3) is 0 Å². The van der Waals surface area contributed by atoms with Crippen molar-refractivity contribution in [1.82, 2.24) is 5.32 Å². The van der Waals surface area contributed by atoms with Crippen molar-refractivity contribution < 1.29 is 4.74 Å². The lowest BCUT2D eigenvalue weighted by Crippen LogP contribution is -2.37. The number of rotatable bonds is 0. The van der Waals surface area contributed by atoms with Crippen LogP contribution in [-0.4, -0.2) is 25.3 Å². The molecule has 0 amide bonds. The maximum Gasteiger partial charge on any atom is 0.106 e. The Bertz CT molecular complexity index is 53.7. The molecule has 42 valence electrons. The number of hydrogen-bond donors (Lipinski definition) is 1. The third-order valence-electron chi connectivity index (χ3n) is 0.876. The molecule has 0 spiro atoms. The molecule has 1 heterocycles. The summed E-state index contributed by atoms with van der Waals surface area (Å²) in [4.78, 5) is 0. The smallest absolute Gasteiger partial charge is 0.106 e. The summed E-state index contributed by atoms with van der Waals surface area (Å²) in [6, 6.07) is 0. The number of ether oxygens (including phenoxy) is 1. The van der Waals surface area contributed by atoms with E-state index in [2.05, 4.69) is 5.32 Å². The molecule has 0 radical (unpaired) electrons. The standard InChI is InChI=1S/C4H8ClNO/c5-4-3-7-2-1-6-4/h4,6H,1-3H2. The molecule has 1 saturated heterocycles. The molecule has 0 aromatic heterocycles. The minimum absolute atomic E-state index is 0.0359. The lowest BCUT2D eigenvalue weighted by atomic mass is 10.5. The molecule has 0 aromatic carbocycles. The fraction of sp³-hybridized carbons (Fsp3) is 1.00. The highest BCUT2D eigenvalue weighted by Crippen LogP contribution is 1.95. The second-order valence-corrected chi connectivity index (χ2v) is 2.02. The van der Waals surface area contributed by atoms with Gasteiger partial charge in [-0.15, -0.1) is 11.6 Å². The molecule has 1 aliphatic heterocycles. The molecule has 7 heavy (non-hydrogen) atoms. The first-order chi connectivity index (χ1) is 3.39. The highest BCUT2D eigenvalue weighted by molar-refractivity contribution is 6.20. The van der Waals surface area contributed by atoms with E-state index < -0.39 is 0 Å². The highest BCUT2D eigenvalue weighted by Gasteiger charge is 2.06. The van der Waals surface area contributed by atoms with Crippen LogP contribution in [0.2, 0.25) is 0 Å². The summed E-state index contributed by atoms with van der Waals surface area (Å²) < 4.78 is 4.99. The van der Waals surface area contributed by atoms with E-state index in [0.29, 0.717) is 6.61 Å². The molecule has 1 unspecified atom stereocenters. The zero-order valence-electron chi connectivity index (χ0n) is 3.98. The van der Waals surface area contributed by atoms with E-state index in [1.165, 1.54) is 0 Å². The molecule has 0 aliphatic carbocycles. The van der Waals surface area contributed by atoms with Crippen molar-refractivity contribution in [3.63, 3.8) is 0 Å². The molecule has 3 heteroatoms. The van der Waals surface area contributed by atoms with Crippen LogP contribution in [0.15, 0.2) is 0 Å². The van der Waals surface area contributed by atoms with Crippen molar-refractivity contribution >= 4 is 11.6 Å². The summed E-state index contributed by atoms with van der Waals surface area (Å²) in [7, 11) is 0. The Morgan fingerprint density at radius 2 is 2.57 bits per heavy atom. The quantitative estimate of drug-likeness (QED) is 0.365. The van der Waals surface area contributed by atoms with Gasteiger partial charge < -0.3 is 4.74 Å². The molecule has 0 bridgehead atoms. The van der Waals surface area contributed by atoms with Crippen molar-refractivity contribution in [2.75, 3.05) is 19.8 Å². The zero-order valence-corrected chi connectivity index (χ0v) is 4.74. The van der Waals surface area contributed by atoms with Crippen LogP contribution in [-0.2, 0) is 4.74 Å². The van der Waals surface area contributed by atoms with E-state index in [1.54, 1.807) is 0 Å². The van der Waals surface area contributed by atoms with Crippen LogP contribution >= 0.6 is 11.6 Å². The Kier molecular flexibility index (Phi) is 1.91. The first-order valence-electron chi connectivity index (χ1n) is 2.35. The average molecular weight is 122 g/mol. The van der Waals surface area contributed by atoms with E-state index in [9.17, 15) is 0 Å². The van der Waals surface area contributed by atoms with Crippen LogP contribution in [0, 0.1) is 0 Å². The molecule has 2 nitrogen and oxygen atoms in total. The summed E-state index contributed by atoms with van der Waals surface area (Å²) >= 11 is 5.58. The van der Waals surface area contributed by atoms with Gasteiger partial charge in [-0.25, -0.2) is 0 Å². The zero-order chi connectivity index (χ0) is 5.11. The molecular weight excluding hydrogens is 114 g/mol. The highest BCUT2D eigenvalue weighted by atomic mass is 35.5. The lowest BCUT2D eigenvalue weighted by molar-refractivity contribution is 0.0985. The molecule has 1 aliphatic rings. The van der Waals surface area contributed by atoms with Crippen molar-refractivity contribution in [2.45, 2.75) is 5.50 Å². The third kappa shape index (κ3) is 1.63. The molecule has 1 fully saturated rings. The fourth-order valence-corrected chi connectivity index (χ4v) is 0.732. The Balaban J connectivity index is 2.12. The SMILES string of the molecule is ClC1COCCN1. The van der Waals surface area contributed by atoms with Crippen molar-refractivity contribution in [1.29, 1.82) is 0 Å². The molecular formula is C4H8ClNO. The summed E-state index contributed by atoms with van der Waals surface area (Å²) in [6.07, 6.45) is 0. The summed E-state index contributed by atoms with van der Waals surface area (Å²) in [6.45, 7) is 2.32. The largest absolute Gasteiger partial charge is 0.377 e.